The molecule has 0 spiro atoms. The molecule has 2 aromatic carbocycles. The van der Waals surface area contributed by atoms with E-state index >= 15 is 0 Å². The zero-order valence-corrected chi connectivity index (χ0v) is 11.2. The molecule has 2 rings (SSSR count). The number of nitrogens with two attached hydrogens (primary N) is 1. The van der Waals surface area contributed by atoms with Crippen LogP contribution in [0.3, 0.4) is 0 Å². The summed E-state index contributed by atoms with van der Waals surface area (Å²) in [5.74, 6) is 1.71. The molecule has 94 valence electrons. The zero-order chi connectivity index (χ0) is 12.8. The molecule has 0 saturated heterocycles. The first-order chi connectivity index (χ1) is 8.79. The fraction of sp³-hybridized carbons (Fsp3) is 0.200. The molecule has 0 aromatic heterocycles. The molecule has 0 heterocycles. The van der Waals surface area contributed by atoms with E-state index in [1.165, 1.54) is 4.90 Å². The van der Waals surface area contributed by atoms with Crippen LogP contribution in [0, 0.1) is 0 Å². The first-order valence-electron chi connectivity index (χ1n) is 5.87. The minimum absolute atomic E-state index is 0.0188. The second-order valence-corrected chi connectivity index (χ2v) is 5.10. The highest BCUT2D eigenvalue weighted by atomic mass is 32.2. The molecule has 0 aliphatic heterocycles. The van der Waals surface area contributed by atoms with Crippen LogP contribution >= 0.6 is 11.8 Å². The summed E-state index contributed by atoms with van der Waals surface area (Å²) in [7, 11) is 1.67. The second-order valence-electron chi connectivity index (χ2n) is 4.01. The molecule has 0 radical (unpaired) electrons. The molecule has 2 N–H and O–H groups in total. The number of benzene rings is 2. The highest BCUT2D eigenvalue weighted by Crippen LogP contribution is 2.24. The maximum absolute atomic E-state index is 6.19. The fourth-order valence-corrected chi connectivity index (χ4v) is 2.59. The summed E-state index contributed by atoms with van der Waals surface area (Å²) in [5, 5.41) is 0. The van der Waals surface area contributed by atoms with Crippen LogP contribution in [-0.2, 0) is 0 Å². The van der Waals surface area contributed by atoms with Gasteiger partial charge < -0.3 is 10.5 Å². The number of hydrogen-bond donors (Lipinski definition) is 1. The lowest BCUT2D eigenvalue weighted by Crippen LogP contribution is -2.12. The summed E-state index contributed by atoms with van der Waals surface area (Å²) >= 11 is 1.77. The second kappa shape index (κ2) is 6.47. The van der Waals surface area contributed by atoms with Crippen molar-refractivity contribution in [2.45, 2.75) is 10.9 Å². The van der Waals surface area contributed by atoms with Gasteiger partial charge in [-0.05, 0) is 29.8 Å². The lowest BCUT2D eigenvalue weighted by Gasteiger charge is -2.12. The van der Waals surface area contributed by atoms with Crippen LogP contribution < -0.4 is 10.5 Å². The third-order valence-electron chi connectivity index (χ3n) is 2.69. The Morgan fingerprint density at radius 3 is 2.61 bits per heavy atom. The minimum Gasteiger partial charge on any atom is -0.497 e. The Bertz CT molecular complexity index is 487. The number of methoxy groups -OCH3 is 1. The Balaban J connectivity index is 1.97. The van der Waals surface area contributed by atoms with E-state index in [1.54, 1.807) is 18.9 Å². The summed E-state index contributed by atoms with van der Waals surface area (Å²) in [6.07, 6.45) is 0. The molecule has 0 amide bonds. The molecule has 1 unspecified atom stereocenters. The average molecular weight is 259 g/mol. The molecule has 2 nitrogen and oxygen atoms in total. The van der Waals surface area contributed by atoms with Gasteiger partial charge in [0.15, 0.2) is 0 Å². The van der Waals surface area contributed by atoms with Crippen LogP contribution in [0.2, 0.25) is 0 Å². The molecule has 0 aliphatic carbocycles. The van der Waals surface area contributed by atoms with Gasteiger partial charge in [0.25, 0.3) is 0 Å². The largest absolute Gasteiger partial charge is 0.497 e. The van der Waals surface area contributed by atoms with E-state index < -0.39 is 0 Å². The van der Waals surface area contributed by atoms with Crippen LogP contribution in [0.4, 0.5) is 0 Å². The van der Waals surface area contributed by atoms with Gasteiger partial charge in [-0.3, -0.25) is 0 Å². The Morgan fingerprint density at radius 1 is 1.11 bits per heavy atom. The van der Waals surface area contributed by atoms with Crippen molar-refractivity contribution in [2.24, 2.45) is 5.73 Å². The smallest absolute Gasteiger partial charge is 0.119 e. The summed E-state index contributed by atoms with van der Waals surface area (Å²) < 4.78 is 5.21. The van der Waals surface area contributed by atoms with Crippen molar-refractivity contribution >= 4 is 11.8 Å². The number of thioether (sulfide) groups is 1. The average Bonchev–Trinajstić information content (AvgIpc) is 2.46. The first-order valence-corrected chi connectivity index (χ1v) is 6.85. The maximum atomic E-state index is 6.19. The monoisotopic (exact) mass is 259 g/mol. The van der Waals surface area contributed by atoms with E-state index in [4.69, 9.17) is 10.5 Å². The van der Waals surface area contributed by atoms with E-state index in [2.05, 4.69) is 12.1 Å². The maximum Gasteiger partial charge on any atom is 0.119 e. The highest BCUT2D eigenvalue weighted by Gasteiger charge is 2.07. The van der Waals surface area contributed by atoms with Crippen molar-refractivity contribution < 1.29 is 4.74 Å². The topological polar surface area (TPSA) is 35.2 Å². The van der Waals surface area contributed by atoms with Crippen LogP contribution in [0.15, 0.2) is 59.5 Å². The van der Waals surface area contributed by atoms with Crippen LogP contribution in [0.5, 0.6) is 5.75 Å². The predicted octanol–water partition coefficient (Wildman–Crippen LogP) is 3.49. The fourth-order valence-electron chi connectivity index (χ4n) is 1.67. The minimum atomic E-state index is 0.0188. The van der Waals surface area contributed by atoms with Gasteiger partial charge in [0.1, 0.15) is 5.75 Å². The lowest BCUT2D eigenvalue weighted by atomic mass is 10.1. The highest BCUT2D eigenvalue weighted by molar-refractivity contribution is 7.99. The molecule has 2 aromatic rings. The Labute approximate surface area is 112 Å². The van der Waals surface area contributed by atoms with Gasteiger partial charge in [-0.1, -0.05) is 30.3 Å². The van der Waals surface area contributed by atoms with Gasteiger partial charge in [0, 0.05) is 16.7 Å². The third-order valence-corrected chi connectivity index (χ3v) is 3.83. The molecule has 18 heavy (non-hydrogen) atoms. The van der Waals surface area contributed by atoms with Crippen LogP contribution in [0.25, 0.3) is 0 Å². The van der Waals surface area contributed by atoms with Gasteiger partial charge in [0.05, 0.1) is 7.11 Å². The standard InChI is InChI=1S/C15H17NOS/c1-17-13-7-5-6-12(10-13)15(16)11-18-14-8-3-2-4-9-14/h2-10,15H,11,16H2,1H3. The van der Waals surface area contributed by atoms with Gasteiger partial charge in [0.2, 0.25) is 0 Å². The summed E-state index contributed by atoms with van der Waals surface area (Å²) in [4.78, 5) is 1.25. The van der Waals surface area contributed by atoms with E-state index in [-0.39, 0.29) is 6.04 Å². The van der Waals surface area contributed by atoms with Gasteiger partial charge >= 0.3 is 0 Å². The number of ether oxygens (including phenoxy) is 1. The van der Waals surface area contributed by atoms with E-state index in [9.17, 15) is 0 Å². The first kappa shape index (κ1) is 13.0. The van der Waals surface area contributed by atoms with Gasteiger partial charge in [-0.15, -0.1) is 11.8 Å². The molecule has 1 atom stereocenters. The SMILES string of the molecule is COc1cccc(C(N)CSc2ccccc2)c1. The van der Waals surface area contributed by atoms with Crippen molar-refractivity contribution in [1.29, 1.82) is 0 Å². The van der Waals surface area contributed by atoms with Crippen molar-refractivity contribution in [3.8, 4) is 5.75 Å². The van der Waals surface area contributed by atoms with Gasteiger partial charge in [-0.2, -0.15) is 0 Å². The molecule has 3 heteroatoms. The number of hydrogen-bond acceptors (Lipinski definition) is 3. The van der Waals surface area contributed by atoms with Crippen molar-refractivity contribution in [1.82, 2.24) is 0 Å². The third kappa shape index (κ3) is 3.52. The predicted molar refractivity (Wildman–Crippen MR) is 77.1 cm³/mol. The molecular formula is C15H17NOS. The quantitative estimate of drug-likeness (QED) is 0.835. The molecule has 0 saturated carbocycles. The van der Waals surface area contributed by atoms with Gasteiger partial charge in [-0.25, -0.2) is 0 Å². The molecular weight excluding hydrogens is 242 g/mol. The van der Waals surface area contributed by atoms with Crippen molar-refractivity contribution in [2.75, 3.05) is 12.9 Å². The van der Waals surface area contributed by atoms with Crippen LogP contribution in [-0.4, -0.2) is 12.9 Å². The normalized spacial score (nSPS) is 12.1. The zero-order valence-electron chi connectivity index (χ0n) is 10.4. The Morgan fingerprint density at radius 2 is 1.89 bits per heavy atom. The van der Waals surface area contributed by atoms with E-state index in [1.807, 2.05) is 42.5 Å². The molecule has 0 fully saturated rings. The Hall–Kier alpha value is -1.45. The summed E-state index contributed by atoms with van der Waals surface area (Å²) in [5.41, 5.74) is 7.30. The van der Waals surface area contributed by atoms with Crippen molar-refractivity contribution in [3.63, 3.8) is 0 Å². The van der Waals surface area contributed by atoms with E-state index in [0.29, 0.717) is 0 Å². The Kier molecular flexibility index (Phi) is 4.67. The van der Waals surface area contributed by atoms with Crippen molar-refractivity contribution in [3.05, 3.63) is 60.2 Å². The molecule has 0 bridgehead atoms. The summed E-state index contributed by atoms with van der Waals surface area (Å²) in [6, 6.07) is 18.3. The number of rotatable bonds is 5. The molecule has 0 aliphatic rings. The summed E-state index contributed by atoms with van der Waals surface area (Å²) in [6.45, 7) is 0. The van der Waals surface area contributed by atoms with E-state index in [0.717, 1.165) is 17.1 Å². The van der Waals surface area contributed by atoms with Crippen LogP contribution in [0.1, 0.15) is 11.6 Å². The lowest BCUT2D eigenvalue weighted by molar-refractivity contribution is 0.414.